The molecule has 0 aliphatic heterocycles. The Bertz CT molecular complexity index is 347. The van der Waals surface area contributed by atoms with Gasteiger partial charge in [-0.05, 0) is 13.3 Å². The van der Waals surface area contributed by atoms with E-state index in [4.69, 9.17) is 16.3 Å². The Balaban J connectivity index is 2.18. The lowest BCUT2D eigenvalue weighted by atomic mass is 10.3. The van der Waals surface area contributed by atoms with Crippen molar-refractivity contribution in [3.05, 3.63) is 17.5 Å². The number of halogens is 1. The van der Waals surface area contributed by atoms with Gasteiger partial charge in [-0.15, -0.1) is 0 Å². The van der Waals surface area contributed by atoms with Crippen LogP contribution >= 0.6 is 11.6 Å². The quantitative estimate of drug-likeness (QED) is 0.611. The Morgan fingerprint density at radius 2 is 2.38 bits per heavy atom. The molecule has 0 aromatic carbocycles. The fourth-order valence-electron chi connectivity index (χ4n) is 1.11. The zero-order valence-corrected chi connectivity index (χ0v) is 9.83. The summed E-state index contributed by atoms with van der Waals surface area (Å²) in [5.74, 6) is 0.429. The van der Waals surface area contributed by atoms with Crippen LogP contribution in [0, 0.1) is 0 Å². The van der Waals surface area contributed by atoms with E-state index in [0.717, 1.165) is 0 Å². The van der Waals surface area contributed by atoms with Gasteiger partial charge in [0, 0.05) is 13.0 Å². The summed E-state index contributed by atoms with van der Waals surface area (Å²) in [4.78, 5) is 18.9. The van der Waals surface area contributed by atoms with Crippen LogP contribution < -0.4 is 5.32 Å². The number of carbonyl (C=O) groups excluding carboxylic acids is 1. The minimum atomic E-state index is -0.179. The topological polar surface area (TPSA) is 64.1 Å². The van der Waals surface area contributed by atoms with Crippen LogP contribution in [0.15, 0.2) is 12.4 Å². The van der Waals surface area contributed by atoms with Crippen LogP contribution in [0.4, 0.5) is 5.82 Å². The Kier molecular flexibility index (Phi) is 5.56. The Morgan fingerprint density at radius 1 is 1.56 bits per heavy atom. The highest BCUT2D eigenvalue weighted by Gasteiger charge is 2.01. The molecule has 0 atom stereocenters. The highest BCUT2D eigenvalue weighted by molar-refractivity contribution is 6.29. The smallest absolute Gasteiger partial charge is 0.305 e. The number of esters is 1. The lowest BCUT2D eigenvalue weighted by Crippen LogP contribution is -2.09. The highest BCUT2D eigenvalue weighted by Crippen LogP contribution is 2.06. The first-order valence-corrected chi connectivity index (χ1v) is 5.47. The molecule has 1 heterocycles. The average molecular weight is 244 g/mol. The normalized spacial score (nSPS) is 9.88. The van der Waals surface area contributed by atoms with Crippen LogP contribution in [0.2, 0.25) is 5.15 Å². The van der Waals surface area contributed by atoms with Gasteiger partial charge in [-0.25, -0.2) is 4.98 Å². The van der Waals surface area contributed by atoms with Gasteiger partial charge in [-0.2, -0.15) is 0 Å². The second-order valence-electron chi connectivity index (χ2n) is 3.06. The summed E-state index contributed by atoms with van der Waals surface area (Å²) in [6.07, 6.45) is 4.13. The Labute approximate surface area is 99.2 Å². The van der Waals surface area contributed by atoms with E-state index >= 15 is 0 Å². The van der Waals surface area contributed by atoms with Gasteiger partial charge >= 0.3 is 5.97 Å². The van der Waals surface area contributed by atoms with Crippen molar-refractivity contribution in [1.29, 1.82) is 0 Å². The second kappa shape index (κ2) is 7.00. The zero-order chi connectivity index (χ0) is 11.8. The average Bonchev–Trinajstić information content (AvgIpc) is 2.25. The number of hydrogen-bond acceptors (Lipinski definition) is 5. The standard InChI is InChI=1S/C10H14ClN3O2/c1-2-16-10(15)4-3-5-13-9-7-12-6-8(11)14-9/h6-7H,2-5H2,1H3,(H,13,14). The number of nitrogens with one attached hydrogen (secondary N) is 1. The molecule has 0 amide bonds. The molecule has 0 fully saturated rings. The van der Waals surface area contributed by atoms with Crippen LogP contribution in [-0.4, -0.2) is 29.1 Å². The molecular weight excluding hydrogens is 230 g/mol. The summed E-state index contributed by atoms with van der Waals surface area (Å²) in [5.41, 5.74) is 0. The summed E-state index contributed by atoms with van der Waals surface area (Å²) < 4.78 is 4.80. The second-order valence-corrected chi connectivity index (χ2v) is 3.45. The van der Waals surface area contributed by atoms with E-state index in [1.165, 1.54) is 6.20 Å². The molecule has 0 aliphatic carbocycles. The van der Waals surface area contributed by atoms with E-state index in [-0.39, 0.29) is 5.97 Å². The lowest BCUT2D eigenvalue weighted by Gasteiger charge is -2.04. The van der Waals surface area contributed by atoms with E-state index < -0.39 is 0 Å². The van der Waals surface area contributed by atoms with Gasteiger partial charge in [-0.1, -0.05) is 11.6 Å². The molecule has 0 bridgehead atoms. The van der Waals surface area contributed by atoms with Crippen molar-refractivity contribution in [3.8, 4) is 0 Å². The molecule has 16 heavy (non-hydrogen) atoms. The molecule has 88 valence electrons. The minimum Gasteiger partial charge on any atom is -0.466 e. The van der Waals surface area contributed by atoms with Crippen LogP contribution in [0.5, 0.6) is 0 Å². The van der Waals surface area contributed by atoms with Crippen molar-refractivity contribution < 1.29 is 9.53 Å². The van der Waals surface area contributed by atoms with Crippen LogP contribution in [-0.2, 0) is 9.53 Å². The summed E-state index contributed by atoms with van der Waals surface area (Å²) in [7, 11) is 0. The molecule has 5 nitrogen and oxygen atoms in total. The van der Waals surface area contributed by atoms with Crippen molar-refractivity contribution in [2.45, 2.75) is 19.8 Å². The maximum absolute atomic E-state index is 11.0. The van der Waals surface area contributed by atoms with Gasteiger partial charge in [0.05, 0.1) is 19.0 Å². The highest BCUT2D eigenvalue weighted by atomic mass is 35.5. The van der Waals surface area contributed by atoms with Gasteiger partial charge in [-0.3, -0.25) is 9.78 Å². The molecule has 0 unspecified atom stereocenters. The van der Waals surface area contributed by atoms with Crippen molar-refractivity contribution in [2.75, 3.05) is 18.5 Å². The van der Waals surface area contributed by atoms with Gasteiger partial charge in [0.2, 0.25) is 0 Å². The third kappa shape index (κ3) is 4.93. The lowest BCUT2D eigenvalue weighted by molar-refractivity contribution is -0.143. The maximum atomic E-state index is 11.0. The molecule has 1 rings (SSSR count). The minimum absolute atomic E-state index is 0.179. The molecule has 0 aliphatic rings. The monoisotopic (exact) mass is 243 g/mol. The van der Waals surface area contributed by atoms with Crippen LogP contribution in [0.1, 0.15) is 19.8 Å². The van der Waals surface area contributed by atoms with E-state index in [0.29, 0.717) is 37.0 Å². The maximum Gasteiger partial charge on any atom is 0.305 e. The van der Waals surface area contributed by atoms with Crippen LogP contribution in [0.25, 0.3) is 0 Å². The van der Waals surface area contributed by atoms with E-state index in [1.807, 2.05) is 0 Å². The van der Waals surface area contributed by atoms with Crippen molar-refractivity contribution >= 4 is 23.4 Å². The zero-order valence-electron chi connectivity index (χ0n) is 9.07. The number of nitrogens with zero attached hydrogens (tertiary/aromatic N) is 2. The molecule has 1 N–H and O–H groups in total. The molecular formula is C10H14ClN3O2. The Morgan fingerprint density at radius 3 is 3.06 bits per heavy atom. The van der Waals surface area contributed by atoms with Crippen LogP contribution in [0.3, 0.4) is 0 Å². The van der Waals surface area contributed by atoms with Gasteiger partial charge < -0.3 is 10.1 Å². The van der Waals surface area contributed by atoms with E-state index in [1.54, 1.807) is 13.1 Å². The third-order valence-corrected chi connectivity index (χ3v) is 1.96. The van der Waals surface area contributed by atoms with Gasteiger partial charge in [0.1, 0.15) is 11.0 Å². The number of rotatable bonds is 6. The molecule has 0 spiro atoms. The summed E-state index contributed by atoms with van der Waals surface area (Å²) >= 11 is 5.66. The predicted molar refractivity (Wildman–Crippen MR) is 61.4 cm³/mol. The molecule has 0 saturated carbocycles. The Hall–Kier alpha value is -1.36. The van der Waals surface area contributed by atoms with Gasteiger partial charge in [0.15, 0.2) is 0 Å². The fourth-order valence-corrected chi connectivity index (χ4v) is 1.26. The molecule has 1 aromatic heterocycles. The molecule has 1 aromatic rings. The number of aromatic nitrogens is 2. The number of ether oxygens (including phenoxy) is 1. The first-order chi connectivity index (χ1) is 7.72. The van der Waals surface area contributed by atoms with Crippen molar-refractivity contribution in [2.24, 2.45) is 0 Å². The summed E-state index contributed by atoms with van der Waals surface area (Å²) in [6, 6.07) is 0. The van der Waals surface area contributed by atoms with Gasteiger partial charge in [0.25, 0.3) is 0 Å². The fraction of sp³-hybridized carbons (Fsp3) is 0.500. The van der Waals surface area contributed by atoms with Crippen molar-refractivity contribution in [3.63, 3.8) is 0 Å². The SMILES string of the molecule is CCOC(=O)CCCNc1cncc(Cl)n1. The number of carbonyl (C=O) groups is 1. The predicted octanol–water partition coefficient (Wildman–Crippen LogP) is 1.89. The third-order valence-electron chi connectivity index (χ3n) is 1.77. The molecule has 0 radical (unpaired) electrons. The summed E-state index contributed by atoms with van der Waals surface area (Å²) in [6.45, 7) is 2.84. The van der Waals surface area contributed by atoms with E-state index in [9.17, 15) is 4.79 Å². The number of anilines is 1. The van der Waals surface area contributed by atoms with E-state index in [2.05, 4.69) is 15.3 Å². The first-order valence-electron chi connectivity index (χ1n) is 5.09. The molecule has 6 heteroatoms. The first kappa shape index (κ1) is 12.7. The number of hydrogen-bond donors (Lipinski definition) is 1. The summed E-state index contributed by atoms with van der Waals surface area (Å²) in [5, 5.41) is 3.36. The largest absolute Gasteiger partial charge is 0.466 e. The van der Waals surface area contributed by atoms with Crippen molar-refractivity contribution in [1.82, 2.24) is 9.97 Å². The molecule has 0 saturated heterocycles.